The van der Waals surface area contributed by atoms with Crippen molar-refractivity contribution in [1.29, 1.82) is 0 Å². The lowest BCUT2D eigenvalue weighted by Gasteiger charge is -2.47. The number of fused-ring (bicyclic) bond motifs is 2. The van der Waals surface area contributed by atoms with Gasteiger partial charge in [0.05, 0.1) is 6.42 Å². The van der Waals surface area contributed by atoms with Gasteiger partial charge in [-0.15, -0.1) is 10.2 Å². The van der Waals surface area contributed by atoms with Gasteiger partial charge in [0.15, 0.2) is 5.54 Å². The summed E-state index contributed by atoms with van der Waals surface area (Å²) < 4.78 is 1.42. The van der Waals surface area contributed by atoms with Crippen LogP contribution in [0.2, 0.25) is 5.02 Å². The summed E-state index contributed by atoms with van der Waals surface area (Å²) in [5.41, 5.74) is 0.313. The highest BCUT2D eigenvalue weighted by atomic mass is 35.5. The van der Waals surface area contributed by atoms with Crippen LogP contribution in [-0.4, -0.2) is 26.7 Å². The predicted molar refractivity (Wildman–Crippen MR) is 69.6 cm³/mol. The second-order valence-corrected chi connectivity index (χ2v) is 5.16. The van der Waals surface area contributed by atoms with Gasteiger partial charge in [-0.25, -0.2) is 9.69 Å². The Labute approximate surface area is 118 Å². The molecule has 1 unspecified atom stereocenters. The number of aromatic nitrogens is 3. The lowest BCUT2D eigenvalue weighted by molar-refractivity contribution is -0.139. The van der Waals surface area contributed by atoms with Crippen LogP contribution in [0.15, 0.2) is 30.9 Å². The Bertz CT molecular complexity index is 744. The minimum Gasteiger partial charge on any atom is -0.323 e. The minimum atomic E-state index is -1.06. The summed E-state index contributed by atoms with van der Waals surface area (Å²) in [5.74, 6) is -0.421. The van der Waals surface area contributed by atoms with Gasteiger partial charge in [-0.1, -0.05) is 11.6 Å². The number of carbonyl (C=O) groups excluding carboxylic acids is 2. The minimum absolute atomic E-state index is 0.102. The third-order valence-corrected chi connectivity index (χ3v) is 3.93. The van der Waals surface area contributed by atoms with Crippen LogP contribution in [0.1, 0.15) is 12.0 Å². The third-order valence-electron chi connectivity index (χ3n) is 3.69. The molecular weight excluding hydrogens is 282 g/mol. The summed E-state index contributed by atoms with van der Waals surface area (Å²) in [7, 11) is 0. The van der Waals surface area contributed by atoms with Gasteiger partial charge in [-0.2, -0.15) is 0 Å². The first-order valence-electron chi connectivity index (χ1n) is 5.92. The van der Waals surface area contributed by atoms with E-state index in [1.807, 2.05) is 0 Å². The molecule has 1 atom stereocenters. The van der Waals surface area contributed by atoms with Gasteiger partial charge in [-0.3, -0.25) is 9.59 Å². The Hall–Kier alpha value is -2.41. The molecule has 1 aromatic carbocycles. The summed E-state index contributed by atoms with van der Waals surface area (Å²) in [6.07, 6.45) is 2.87. The number of rotatable bonds is 1. The van der Waals surface area contributed by atoms with Crippen molar-refractivity contribution >= 4 is 29.1 Å². The van der Waals surface area contributed by atoms with Crippen molar-refractivity contribution in [2.45, 2.75) is 12.0 Å². The van der Waals surface area contributed by atoms with E-state index in [0.29, 0.717) is 16.3 Å². The molecule has 2 amide bonds. The molecule has 3 heterocycles. The number of β-lactam (4-membered cyclic amide) rings is 1. The fourth-order valence-corrected chi connectivity index (χ4v) is 2.99. The van der Waals surface area contributed by atoms with Gasteiger partial charge < -0.3 is 5.32 Å². The van der Waals surface area contributed by atoms with Crippen LogP contribution in [0.4, 0.5) is 5.69 Å². The smallest absolute Gasteiger partial charge is 0.257 e. The maximum absolute atomic E-state index is 12.4. The van der Waals surface area contributed by atoms with Gasteiger partial charge in [-0.05, 0) is 18.2 Å². The van der Waals surface area contributed by atoms with Gasteiger partial charge >= 0.3 is 0 Å². The average molecular weight is 290 g/mol. The molecule has 0 aliphatic carbocycles. The second-order valence-electron chi connectivity index (χ2n) is 4.73. The first-order chi connectivity index (χ1) is 9.63. The Morgan fingerprint density at radius 3 is 2.70 bits per heavy atom. The number of hydrogen-bond donors (Lipinski definition) is 1. The van der Waals surface area contributed by atoms with Crippen LogP contribution in [0.5, 0.6) is 0 Å². The Morgan fingerprint density at radius 2 is 2.00 bits per heavy atom. The molecule has 1 N–H and O–H groups in total. The molecular formula is C12H8ClN5O2. The molecule has 2 aliphatic heterocycles. The van der Waals surface area contributed by atoms with E-state index in [9.17, 15) is 9.59 Å². The fourth-order valence-electron chi connectivity index (χ4n) is 2.82. The van der Waals surface area contributed by atoms with Crippen molar-refractivity contribution in [2.75, 3.05) is 10.3 Å². The van der Waals surface area contributed by atoms with E-state index in [0.717, 1.165) is 0 Å². The normalized spacial score (nSPS) is 23.8. The SMILES string of the molecule is O=C1CC2(C(=O)Nc3ccc(Cl)cc32)N1n1cnnc1. The number of halogens is 1. The number of carbonyl (C=O) groups is 2. The largest absolute Gasteiger partial charge is 0.323 e. The summed E-state index contributed by atoms with van der Waals surface area (Å²) >= 11 is 6.01. The van der Waals surface area contributed by atoms with Gasteiger partial charge in [0, 0.05) is 16.3 Å². The third kappa shape index (κ3) is 1.20. The zero-order chi connectivity index (χ0) is 13.9. The van der Waals surface area contributed by atoms with Crippen LogP contribution >= 0.6 is 11.6 Å². The fraction of sp³-hybridized carbons (Fsp3) is 0.167. The van der Waals surface area contributed by atoms with E-state index >= 15 is 0 Å². The van der Waals surface area contributed by atoms with E-state index in [1.54, 1.807) is 18.2 Å². The van der Waals surface area contributed by atoms with Crippen LogP contribution in [0, 0.1) is 0 Å². The molecule has 8 heteroatoms. The quantitative estimate of drug-likeness (QED) is 0.782. The van der Waals surface area contributed by atoms with Crippen molar-refractivity contribution in [3.05, 3.63) is 41.4 Å². The van der Waals surface area contributed by atoms with E-state index < -0.39 is 5.54 Å². The van der Waals surface area contributed by atoms with Crippen molar-refractivity contribution in [1.82, 2.24) is 14.9 Å². The summed E-state index contributed by atoms with van der Waals surface area (Å²) in [6.45, 7) is 0. The zero-order valence-electron chi connectivity index (χ0n) is 10.1. The molecule has 2 aromatic rings. The molecule has 1 aromatic heterocycles. The Balaban J connectivity index is 1.92. The van der Waals surface area contributed by atoms with Crippen LogP contribution < -0.4 is 10.3 Å². The molecule has 100 valence electrons. The molecule has 1 spiro atoms. The summed E-state index contributed by atoms with van der Waals surface area (Å²) in [4.78, 5) is 24.4. The van der Waals surface area contributed by atoms with E-state index in [-0.39, 0.29) is 18.2 Å². The highest BCUT2D eigenvalue weighted by Crippen LogP contribution is 2.48. The number of anilines is 1. The molecule has 0 bridgehead atoms. The predicted octanol–water partition coefficient (Wildman–Crippen LogP) is 0.647. The molecule has 1 saturated heterocycles. The molecule has 2 aliphatic rings. The number of hydrogen-bond acceptors (Lipinski definition) is 4. The number of amides is 2. The summed E-state index contributed by atoms with van der Waals surface area (Å²) in [5, 5.41) is 12.0. The average Bonchev–Trinajstić information content (AvgIpc) is 2.99. The van der Waals surface area contributed by atoms with Gasteiger partial charge in [0.2, 0.25) is 5.91 Å². The monoisotopic (exact) mass is 289 g/mol. The first kappa shape index (κ1) is 11.4. The van der Waals surface area contributed by atoms with E-state index in [1.165, 1.54) is 22.3 Å². The molecule has 20 heavy (non-hydrogen) atoms. The highest BCUT2D eigenvalue weighted by molar-refractivity contribution is 6.31. The maximum atomic E-state index is 12.4. The lowest BCUT2D eigenvalue weighted by Crippen LogP contribution is -2.69. The van der Waals surface area contributed by atoms with E-state index in [4.69, 9.17) is 11.6 Å². The Morgan fingerprint density at radius 1 is 1.25 bits per heavy atom. The van der Waals surface area contributed by atoms with Crippen molar-refractivity contribution in [2.24, 2.45) is 0 Å². The molecule has 4 rings (SSSR count). The van der Waals surface area contributed by atoms with E-state index in [2.05, 4.69) is 15.5 Å². The standard InChI is InChI=1S/C12H8ClN5O2/c13-7-1-2-9-8(3-7)12(11(20)16-9)4-10(19)18(12)17-5-14-15-6-17/h1-3,5-6H,4H2,(H,16,20). The number of nitrogens with one attached hydrogen (secondary N) is 1. The maximum Gasteiger partial charge on any atom is 0.257 e. The first-order valence-corrected chi connectivity index (χ1v) is 6.30. The highest BCUT2D eigenvalue weighted by Gasteiger charge is 2.63. The van der Waals surface area contributed by atoms with Crippen molar-refractivity contribution in [3.63, 3.8) is 0 Å². The zero-order valence-corrected chi connectivity index (χ0v) is 10.8. The van der Waals surface area contributed by atoms with Crippen LogP contribution in [0.3, 0.4) is 0 Å². The lowest BCUT2D eigenvalue weighted by atomic mass is 9.80. The Kier molecular flexibility index (Phi) is 2.04. The van der Waals surface area contributed by atoms with Crippen molar-refractivity contribution < 1.29 is 9.59 Å². The molecule has 7 nitrogen and oxygen atoms in total. The number of benzene rings is 1. The van der Waals surface area contributed by atoms with Crippen LogP contribution in [-0.2, 0) is 15.1 Å². The number of nitrogens with zero attached hydrogens (tertiary/aromatic N) is 4. The molecule has 1 fully saturated rings. The van der Waals surface area contributed by atoms with Gasteiger partial charge in [0.1, 0.15) is 12.7 Å². The second kappa shape index (κ2) is 3.57. The van der Waals surface area contributed by atoms with Gasteiger partial charge in [0.25, 0.3) is 5.91 Å². The molecule has 0 saturated carbocycles. The molecule has 0 radical (unpaired) electrons. The van der Waals surface area contributed by atoms with Crippen molar-refractivity contribution in [3.8, 4) is 0 Å². The summed E-state index contributed by atoms with van der Waals surface area (Å²) in [6, 6.07) is 5.14. The van der Waals surface area contributed by atoms with Crippen LogP contribution in [0.25, 0.3) is 0 Å². The topological polar surface area (TPSA) is 80.1 Å².